The van der Waals surface area contributed by atoms with E-state index in [-0.39, 0.29) is 11.6 Å². The predicted molar refractivity (Wildman–Crippen MR) is 67.9 cm³/mol. The molecule has 1 aromatic carbocycles. The number of hydrogen-bond acceptors (Lipinski definition) is 3. The maximum absolute atomic E-state index is 13.1. The highest BCUT2D eigenvalue weighted by atomic mass is 19.1. The summed E-state index contributed by atoms with van der Waals surface area (Å²) in [4.78, 5) is 2.54. The molecule has 3 nitrogen and oxygen atoms in total. The number of aromatic hydroxyl groups is 1. The van der Waals surface area contributed by atoms with Crippen molar-refractivity contribution in [1.82, 2.24) is 10.2 Å². The smallest absolute Gasteiger partial charge is 0.127 e. The van der Waals surface area contributed by atoms with Crippen LogP contribution in [0.1, 0.15) is 24.8 Å². The zero-order valence-electron chi connectivity index (χ0n) is 10.4. The number of halogens is 1. The average molecular weight is 250 g/mol. The van der Waals surface area contributed by atoms with Crippen LogP contribution < -0.4 is 5.32 Å². The summed E-state index contributed by atoms with van der Waals surface area (Å²) in [6.45, 7) is 2.90. The molecule has 0 bridgehead atoms. The van der Waals surface area contributed by atoms with Crippen molar-refractivity contribution in [1.29, 1.82) is 0 Å². The van der Waals surface area contributed by atoms with Crippen molar-refractivity contribution in [3.63, 3.8) is 0 Å². The molecule has 2 N–H and O–H groups in total. The summed E-state index contributed by atoms with van der Waals surface area (Å²) >= 11 is 0. The van der Waals surface area contributed by atoms with E-state index < -0.39 is 0 Å². The Hall–Kier alpha value is -1.13. The zero-order chi connectivity index (χ0) is 12.5. The lowest BCUT2D eigenvalue weighted by molar-refractivity contribution is 0.317. The van der Waals surface area contributed by atoms with Gasteiger partial charge in [-0.15, -0.1) is 0 Å². The van der Waals surface area contributed by atoms with E-state index in [0.717, 1.165) is 30.6 Å². The van der Waals surface area contributed by atoms with Gasteiger partial charge in [0, 0.05) is 37.8 Å². The largest absolute Gasteiger partial charge is 0.508 e. The minimum atomic E-state index is -0.377. The van der Waals surface area contributed by atoms with Gasteiger partial charge in [-0.2, -0.15) is 0 Å². The number of nitrogens with zero attached hydrogens (tertiary/aromatic N) is 1. The normalized spacial score (nSPS) is 24.6. The van der Waals surface area contributed by atoms with Crippen molar-refractivity contribution >= 4 is 0 Å². The molecule has 1 unspecified atom stereocenters. The van der Waals surface area contributed by atoms with Crippen LogP contribution >= 0.6 is 0 Å². The van der Waals surface area contributed by atoms with E-state index in [0.29, 0.717) is 12.6 Å². The van der Waals surface area contributed by atoms with Crippen LogP contribution in [0.25, 0.3) is 0 Å². The standard InChI is InChI=1S/C14H19FN2O/c15-11-5-10(6-14(18)7-11)8-16-12-3-4-17(9-12)13-1-2-13/h5-7,12-13,16,18H,1-4,8-9H2. The van der Waals surface area contributed by atoms with Gasteiger partial charge in [0.2, 0.25) is 0 Å². The monoisotopic (exact) mass is 250 g/mol. The first-order valence-electron chi connectivity index (χ1n) is 6.66. The van der Waals surface area contributed by atoms with Crippen LogP contribution in [0, 0.1) is 5.82 Å². The second-order valence-corrected chi connectivity index (χ2v) is 5.41. The number of hydrogen-bond donors (Lipinski definition) is 2. The Labute approximate surface area is 107 Å². The number of nitrogens with one attached hydrogen (secondary N) is 1. The lowest BCUT2D eigenvalue weighted by Crippen LogP contribution is -2.32. The third-order valence-electron chi connectivity index (χ3n) is 3.82. The summed E-state index contributed by atoms with van der Waals surface area (Å²) < 4.78 is 13.1. The van der Waals surface area contributed by atoms with Crippen molar-refractivity contribution in [2.45, 2.75) is 37.9 Å². The van der Waals surface area contributed by atoms with Crippen LogP contribution in [-0.4, -0.2) is 35.2 Å². The third-order valence-corrected chi connectivity index (χ3v) is 3.82. The van der Waals surface area contributed by atoms with Gasteiger partial charge in [-0.1, -0.05) is 0 Å². The van der Waals surface area contributed by atoms with Gasteiger partial charge in [-0.05, 0) is 37.0 Å². The Balaban J connectivity index is 1.51. The molecule has 1 heterocycles. The molecule has 0 radical (unpaired) electrons. The molecule has 1 aliphatic carbocycles. The summed E-state index contributed by atoms with van der Waals surface area (Å²) in [5.41, 5.74) is 0.803. The van der Waals surface area contributed by atoms with E-state index in [4.69, 9.17) is 0 Å². The second kappa shape index (κ2) is 4.86. The minimum Gasteiger partial charge on any atom is -0.508 e. The Morgan fingerprint density at radius 1 is 1.28 bits per heavy atom. The quantitative estimate of drug-likeness (QED) is 0.856. The van der Waals surface area contributed by atoms with E-state index in [1.807, 2.05) is 0 Å². The van der Waals surface area contributed by atoms with Crippen molar-refractivity contribution < 1.29 is 9.50 Å². The summed E-state index contributed by atoms with van der Waals surface area (Å²) in [5.74, 6) is -0.379. The number of benzene rings is 1. The molecule has 2 fully saturated rings. The van der Waals surface area contributed by atoms with Crippen LogP contribution in [0.5, 0.6) is 5.75 Å². The summed E-state index contributed by atoms with van der Waals surface area (Å²) in [6.07, 6.45) is 3.87. The van der Waals surface area contributed by atoms with Crippen molar-refractivity contribution in [3.8, 4) is 5.75 Å². The molecule has 1 saturated carbocycles. The first-order chi connectivity index (χ1) is 8.70. The lowest BCUT2D eigenvalue weighted by Gasteiger charge is -2.15. The average Bonchev–Trinajstić information content (AvgIpc) is 3.05. The maximum atomic E-state index is 13.1. The molecule has 4 heteroatoms. The number of likely N-dealkylation sites (tertiary alicyclic amines) is 1. The highest BCUT2D eigenvalue weighted by Crippen LogP contribution is 2.29. The first-order valence-corrected chi connectivity index (χ1v) is 6.66. The van der Waals surface area contributed by atoms with Gasteiger partial charge in [0.25, 0.3) is 0 Å². The van der Waals surface area contributed by atoms with Crippen molar-refractivity contribution in [3.05, 3.63) is 29.6 Å². The summed E-state index contributed by atoms with van der Waals surface area (Å²) in [5, 5.41) is 12.8. The molecule has 1 saturated heterocycles. The first kappa shape index (κ1) is 11.9. The highest BCUT2D eigenvalue weighted by molar-refractivity contribution is 5.28. The third kappa shape index (κ3) is 2.82. The number of phenols is 1. The molecule has 0 amide bonds. The van der Waals surface area contributed by atoms with Crippen LogP contribution in [0.4, 0.5) is 4.39 Å². The maximum Gasteiger partial charge on any atom is 0.127 e. The SMILES string of the molecule is Oc1cc(F)cc(CNC2CCN(C3CC3)C2)c1. The van der Waals surface area contributed by atoms with Crippen LogP contribution in [0.2, 0.25) is 0 Å². The molecule has 0 aromatic heterocycles. The van der Waals surface area contributed by atoms with Gasteiger partial charge >= 0.3 is 0 Å². The van der Waals surface area contributed by atoms with Crippen molar-refractivity contribution in [2.24, 2.45) is 0 Å². The van der Waals surface area contributed by atoms with E-state index in [1.54, 1.807) is 6.07 Å². The van der Waals surface area contributed by atoms with Gasteiger partial charge in [0.1, 0.15) is 11.6 Å². The van der Waals surface area contributed by atoms with Gasteiger partial charge in [-0.25, -0.2) is 4.39 Å². The highest BCUT2D eigenvalue weighted by Gasteiger charge is 2.33. The fraction of sp³-hybridized carbons (Fsp3) is 0.571. The molecular formula is C14H19FN2O. The summed E-state index contributed by atoms with van der Waals surface area (Å²) in [6, 6.07) is 5.55. The van der Waals surface area contributed by atoms with Gasteiger partial charge in [0.15, 0.2) is 0 Å². The van der Waals surface area contributed by atoms with Crippen LogP contribution in [0.3, 0.4) is 0 Å². The van der Waals surface area contributed by atoms with Gasteiger partial charge in [0.05, 0.1) is 0 Å². The number of rotatable bonds is 4. The molecule has 3 rings (SSSR count). The Kier molecular flexibility index (Phi) is 3.22. The number of phenolic OH excluding ortho intramolecular Hbond substituents is 1. The van der Waals surface area contributed by atoms with Gasteiger partial charge in [-0.3, -0.25) is 4.90 Å². The van der Waals surface area contributed by atoms with Crippen molar-refractivity contribution in [2.75, 3.05) is 13.1 Å². The fourth-order valence-corrected chi connectivity index (χ4v) is 2.72. The Morgan fingerprint density at radius 3 is 2.83 bits per heavy atom. The molecule has 0 spiro atoms. The molecule has 1 aromatic rings. The van der Waals surface area contributed by atoms with Crippen LogP contribution in [0.15, 0.2) is 18.2 Å². The molecule has 1 aliphatic heterocycles. The molecular weight excluding hydrogens is 231 g/mol. The Morgan fingerprint density at radius 2 is 2.11 bits per heavy atom. The predicted octanol–water partition coefficient (Wildman–Crippen LogP) is 1.86. The zero-order valence-corrected chi connectivity index (χ0v) is 10.4. The van der Waals surface area contributed by atoms with E-state index >= 15 is 0 Å². The molecule has 1 atom stereocenters. The van der Waals surface area contributed by atoms with Gasteiger partial charge < -0.3 is 10.4 Å². The molecule has 98 valence electrons. The molecule has 2 aliphatic rings. The van der Waals surface area contributed by atoms with E-state index in [1.165, 1.54) is 25.5 Å². The van der Waals surface area contributed by atoms with E-state index in [9.17, 15) is 9.50 Å². The molecule has 18 heavy (non-hydrogen) atoms. The van der Waals surface area contributed by atoms with E-state index in [2.05, 4.69) is 10.2 Å². The Bertz CT molecular complexity index is 414. The summed E-state index contributed by atoms with van der Waals surface area (Å²) in [7, 11) is 0. The minimum absolute atomic E-state index is 0.00201. The lowest BCUT2D eigenvalue weighted by atomic mass is 10.2. The second-order valence-electron chi connectivity index (χ2n) is 5.41. The fourth-order valence-electron chi connectivity index (χ4n) is 2.72. The topological polar surface area (TPSA) is 35.5 Å². The van der Waals surface area contributed by atoms with Crippen LogP contribution in [-0.2, 0) is 6.54 Å².